The topological polar surface area (TPSA) is 83.4 Å². The van der Waals surface area contributed by atoms with Crippen LogP contribution in [0.5, 0.6) is 17.4 Å². The molecule has 4 aromatic rings. The molecule has 0 unspecified atom stereocenters. The summed E-state index contributed by atoms with van der Waals surface area (Å²) in [7, 11) is 0. The van der Waals surface area contributed by atoms with E-state index in [-0.39, 0.29) is 22.4 Å². The van der Waals surface area contributed by atoms with Gasteiger partial charge >= 0.3 is 0 Å². The highest BCUT2D eigenvalue weighted by Crippen LogP contribution is 2.50. The molecule has 2 heterocycles. The van der Waals surface area contributed by atoms with Gasteiger partial charge < -0.3 is 24.5 Å². The summed E-state index contributed by atoms with van der Waals surface area (Å²) in [5, 5.41) is 32.6. The Morgan fingerprint density at radius 2 is 1.70 bits per heavy atom. The van der Waals surface area contributed by atoms with Gasteiger partial charge in [-0.25, -0.2) is 4.98 Å². The number of phenolic OH excluding ortho intramolecular Hbond substituents is 1. The van der Waals surface area contributed by atoms with Gasteiger partial charge in [-0.3, -0.25) is 0 Å². The number of hydrogen-bond acceptors (Lipinski definition) is 4. The van der Waals surface area contributed by atoms with Crippen molar-refractivity contribution in [1.82, 2.24) is 14.1 Å². The summed E-state index contributed by atoms with van der Waals surface area (Å²) >= 11 is 12.4. The Morgan fingerprint density at radius 1 is 0.933 bits per heavy atom. The maximum atomic E-state index is 10.8. The second kappa shape index (κ2) is 8.34. The van der Waals surface area contributed by atoms with Crippen molar-refractivity contribution >= 4 is 23.2 Å². The fourth-order valence-corrected chi connectivity index (χ4v) is 4.04. The number of aromatic nitrogens is 3. The Bertz CT molecular complexity index is 1170. The van der Waals surface area contributed by atoms with Crippen LogP contribution in [0.4, 0.5) is 0 Å². The minimum atomic E-state index is -0.287. The lowest BCUT2D eigenvalue weighted by molar-refractivity contribution is 0.368. The molecule has 0 aliphatic rings. The molecule has 0 spiro atoms. The van der Waals surface area contributed by atoms with Crippen molar-refractivity contribution in [3.63, 3.8) is 0 Å². The summed E-state index contributed by atoms with van der Waals surface area (Å²) in [5.74, 6) is -0.731. The third kappa shape index (κ3) is 3.72. The van der Waals surface area contributed by atoms with Crippen LogP contribution >= 0.6 is 23.2 Å². The predicted octanol–water partition coefficient (Wildman–Crippen LogP) is 5.53. The molecule has 2 aromatic carbocycles. The van der Waals surface area contributed by atoms with Gasteiger partial charge in [-0.15, -0.1) is 0 Å². The van der Waals surface area contributed by atoms with Gasteiger partial charge in [0.15, 0.2) is 5.75 Å². The monoisotopic (exact) mass is 443 g/mol. The zero-order valence-electron chi connectivity index (χ0n) is 15.8. The highest BCUT2D eigenvalue weighted by Gasteiger charge is 2.27. The molecule has 0 amide bonds. The van der Waals surface area contributed by atoms with Gasteiger partial charge in [0, 0.05) is 36.1 Å². The summed E-state index contributed by atoms with van der Waals surface area (Å²) in [4.78, 5) is 4.02. The maximum Gasteiger partial charge on any atom is 0.235 e. The van der Waals surface area contributed by atoms with Gasteiger partial charge in [0.05, 0.1) is 22.6 Å². The van der Waals surface area contributed by atoms with Crippen molar-refractivity contribution in [3.05, 3.63) is 71.2 Å². The summed E-state index contributed by atoms with van der Waals surface area (Å²) < 4.78 is 3.49. The molecule has 6 nitrogen and oxygen atoms in total. The van der Waals surface area contributed by atoms with E-state index in [1.807, 2.05) is 41.1 Å². The normalized spacial score (nSPS) is 11.1. The molecule has 0 saturated carbocycles. The third-order valence-corrected chi connectivity index (χ3v) is 5.42. The average Bonchev–Trinajstić information content (AvgIpc) is 3.33. The van der Waals surface area contributed by atoms with Gasteiger partial charge in [-0.2, -0.15) is 0 Å². The lowest BCUT2D eigenvalue weighted by Crippen LogP contribution is -2.04. The fraction of sp³-hybridized carbons (Fsp3) is 0.136. The van der Waals surface area contributed by atoms with Gasteiger partial charge in [0.1, 0.15) is 5.75 Å². The largest absolute Gasteiger partial charge is 0.506 e. The molecule has 2 aromatic heterocycles. The molecular formula is C22H19Cl2N3O3. The van der Waals surface area contributed by atoms with E-state index < -0.39 is 0 Å². The van der Waals surface area contributed by atoms with Crippen molar-refractivity contribution < 1.29 is 15.3 Å². The molecule has 154 valence electrons. The van der Waals surface area contributed by atoms with Crippen LogP contribution in [0.2, 0.25) is 10.0 Å². The summed E-state index contributed by atoms with van der Waals surface area (Å²) in [6, 6.07) is 12.2. The van der Waals surface area contributed by atoms with E-state index in [1.165, 1.54) is 6.07 Å². The maximum absolute atomic E-state index is 10.8. The lowest BCUT2D eigenvalue weighted by atomic mass is 10.00. The molecule has 8 heteroatoms. The Hall–Kier alpha value is -3.09. The number of phenols is 1. The smallest absolute Gasteiger partial charge is 0.235 e. The Labute approximate surface area is 183 Å². The van der Waals surface area contributed by atoms with Crippen LogP contribution in [0.25, 0.3) is 22.4 Å². The number of hydrogen-bond donors (Lipinski definition) is 3. The van der Waals surface area contributed by atoms with E-state index in [1.54, 1.807) is 23.2 Å². The van der Waals surface area contributed by atoms with Crippen LogP contribution in [-0.2, 0) is 13.1 Å². The lowest BCUT2D eigenvalue weighted by Gasteiger charge is -2.15. The number of rotatable bonds is 6. The van der Waals surface area contributed by atoms with E-state index >= 15 is 0 Å². The van der Waals surface area contributed by atoms with Gasteiger partial charge in [-0.05, 0) is 24.1 Å². The van der Waals surface area contributed by atoms with Crippen LogP contribution in [0.1, 0.15) is 6.42 Å². The molecule has 30 heavy (non-hydrogen) atoms. The van der Waals surface area contributed by atoms with Crippen LogP contribution < -0.4 is 0 Å². The second-order valence-electron chi connectivity index (χ2n) is 6.85. The number of benzene rings is 2. The van der Waals surface area contributed by atoms with Gasteiger partial charge in [-0.1, -0.05) is 53.5 Å². The molecule has 0 aliphatic carbocycles. The Balaban J connectivity index is 1.87. The zero-order valence-corrected chi connectivity index (χ0v) is 17.3. The van der Waals surface area contributed by atoms with Crippen molar-refractivity contribution in [2.45, 2.75) is 19.5 Å². The van der Waals surface area contributed by atoms with Crippen LogP contribution in [0.15, 0.2) is 61.2 Å². The molecule has 0 radical (unpaired) electrons. The molecule has 4 rings (SSSR count). The van der Waals surface area contributed by atoms with Crippen LogP contribution in [0, 0.1) is 0 Å². The summed E-state index contributed by atoms with van der Waals surface area (Å²) in [6.07, 6.45) is 5.91. The van der Waals surface area contributed by atoms with Crippen LogP contribution in [0.3, 0.4) is 0 Å². The second-order valence-corrected chi connectivity index (χ2v) is 7.69. The Morgan fingerprint density at radius 3 is 2.40 bits per heavy atom. The highest BCUT2D eigenvalue weighted by atomic mass is 35.5. The zero-order chi connectivity index (χ0) is 21.3. The molecule has 0 fully saturated rings. The first-order chi connectivity index (χ1) is 14.5. The van der Waals surface area contributed by atoms with Gasteiger partial charge in [0.25, 0.3) is 0 Å². The summed E-state index contributed by atoms with van der Waals surface area (Å²) in [5.41, 5.74) is 1.84. The standard InChI is InChI=1S/C22H19Cl2N3O3/c23-15-11-16(20(28)17(24)12-15)19-18(14-5-2-1-3-6-14)21(29)22(30)27(19)9-4-8-26-10-7-25-13-26/h1-3,5-7,10-13,28-30H,4,8-9H2. The predicted molar refractivity (Wildman–Crippen MR) is 117 cm³/mol. The van der Waals surface area contributed by atoms with E-state index in [0.717, 1.165) is 0 Å². The van der Waals surface area contributed by atoms with E-state index in [0.29, 0.717) is 46.9 Å². The van der Waals surface area contributed by atoms with Crippen molar-refractivity contribution in [1.29, 1.82) is 0 Å². The molecule has 3 N–H and O–H groups in total. The number of aryl methyl sites for hydroxylation is 1. The van der Waals surface area contributed by atoms with Crippen molar-refractivity contribution in [2.75, 3.05) is 0 Å². The fourth-order valence-electron chi connectivity index (χ4n) is 3.55. The first-order valence-electron chi connectivity index (χ1n) is 9.31. The SMILES string of the molecule is Oc1c(Cl)cc(Cl)cc1-c1c(-c2ccccc2)c(O)c(O)n1CCCn1ccnc1. The first kappa shape index (κ1) is 20.2. The minimum Gasteiger partial charge on any atom is -0.506 e. The van der Waals surface area contributed by atoms with E-state index in [9.17, 15) is 15.3 Å². The third-order valence-electron chi connectivity index (χ3n) is 4.91. The first-order valence-corrected chi connectivity index (χ1v) is 10.1. The number of imidazole rings is 1. The number of aromatic hydroxyl groups is 3. The van der Waals surface area contributed by atoms with Crippen molar-refractivity contribution in [3.8, 4) is 39.8 Å². The molecule has 0 saturated heterocycles. The van der Waals surface area contributed by atoms with Crippen molar-refractivity contribution in [2.24, 2.45) is 0 Å². The molecular weight excluding hydrogens is 425 g/mol. The molecule has 0 atom stereocenters. The molecule has 0 bridgehead atoms. The van der Waals surface area contributed by atoms with E-state index in [4.69, 9.17) is 23.2 Å². The highest BCUT2D eigenvalue weighted by molar-refractivity contribution is 6.36. The average molecular weight is 444 g/mol. The number of nitrogens with zero attached hydrogens (tertiary/aromatic N) is 3. The van der Waals surface area contributed by atoms with Gasteiger partial charge in [0.2, 0.25) is 5.88 Å². The van der Waals surface area contributed by atoms with Crippen LogP contribution in [-0.4, -0.2) is 29.4 Å². The van der Waals surface area contributed by atoms with E-state index in [2.05, 4.69) is 4.98 Å². The number of halogens is 2. The molecule has 0 aliphatic heterocycles. The minimum absolute atomic E-state index is 0.0849. The quantitative estimate of drug-likeness (QED) is 0.365. The Kier molecular flexibility index (Phi) is 5.61. The summed E-state index contributed by atoms with van der Waals surface area (Å²) in [6.45, 7) is 1.05.